The summed E-state index contributed by atoms with van der Waals surface area (Å²) in [7, 11) is 1.66. The Bertz CT molecular complexity index is 1410. The number of urea groups is 2. The fourth-order valence-corrected chi connectivity index (χ4v) is 6.72. The van der Waals surface area contributed by atoms with Gasteiger partial charge >= 0.3 is 18.0 Å². The van der Waals surface area contributed by atoms with Crippen LogP contribution in [0.3, 0.4) is 0 Å². The van der Waals surface area contributed by atoms with E-state index in [0.717, 1.165) is 9.80 Å². The highest BCUT2D eigenvalue weighted by atomic mass is 32.2. The summed E-state index contributed by atoms with van der Waals surface area (Å²) in [5.74, 6) is -1.99. The molecule has 2 saturated heterocycles. The number of carboxylic acid groups (broad SMARTS) is 1. The standard InChI is InChI=1S/C22H24N10O6S2/c1-30-22(27-28-29-30)40-9-11-8-39-18-14(17(34)32(18)15(11)19(35)36)25-16(33)13(10-2-4-12(23)5-3-10)26-21(38)31-7-6-24-20(31)37/h2-5,13-14,18H,6-9,23H2,1H3,(H,24,37)(H,25,33)(H,26,38)(H,35,36)/t13-,14-,18+/m1/s1. The van der Waals surface area contributed by atoms with Gasteiger partial charge in [0.25, 0.3) is 5.91 Å². The number of anilines is 1. The third-order valence-corrected chi connectivity index (χ3v) is 8.84. The Labute approximate surface area is 235 Å². The Hall–Kier alpha value is -4.32. The van der Waals surface area contributed by atoms with E-state index in [-0.39, 0.29) is 24.5 Å². The topological polar surface area (TPSA) is 218 Å². The number of thioether (sulfide) groups is 2. The van der Waals surface area contributed by atoms with E-state index in [2.05, 4.69) is 31.5 Å². The molecular formula is C22H24N10O6S2. The number of nitrogens with zero attached hydrogens (tertiary/aromatic N) is 6. The number of amides is 6. The van der Waals surface area contributed by atoms with Crippen molar-refractivity contribution in [3.05, 3.63) is 41.1 Å². The van der Waals surface area contributed by atoms with Crippen LogP contribution in [0.15, 0.2) is 40.7 Å². The van der Waals surface area contributed by atoms with Crippen LogP contribution >= 0.6 is 23.5 Å². The highest BCUT2D eigenvalue weighted by molar-refractivity contribution is 8.01. The molecule has 1 aromatic carbocycles. The van der Waals surface area contributed by atoms with Crippen LogP contribution in [-0.4, -0.2) is 101 Å². The minimum Gasteiger partial charge on any atom is -0.477 e. The van der Waals surface area contributed by atoms with E-state index in [0.29, 0.717) is 27.7 Å². The number of imide groups is 1. The van der Waals surface area contributed by atoms with Crippen LogP contribution < -0.4 is 21.7 Å². The fraction of sp³-hybridized carbons (Fsp3) is 0.364. The summed E-state index contributed by atoms with van der Waals surface area (Å²) >= 11 is 2.56. The highest BCUT2D eigenvalue weighted by Crippen LogP contribution is 2.41. The van der Waals surface area contributed by atoms with Crippen molar-refractivity contribution in [2.24, 2.45) is 7.05 Å². The van der Waals surface area contributed by atoms with E-state index < -0.39 is 47.3 Å². The van der Waals surface area contributed by atoms with Crippen LogP contribution in [0.25, 0.3) is 0 Å². The highest BCUT2D eigenvalue weighted by Gasteiger charge is 2.54. The molecule has 0 saturated carbocycles. The number of aliphatic carboxylic acids is 1. The average Bonchev–Trinajstić information content (AvgIpc) is 3.56. The lowest BCUT2D eigenvalue weighted by Crippen LogP contribution is -2.71. The molecule has 6 amide bonds. The number of aryl methyl sites for hydroxylation is 1. The number of benzene rings is 1. The molecule has 6 N–H and O–H groups in total. The summed E-state index contributed by atoms with van der Waals surface area (Å²) < 4.78 is 1.46. The van der Waals surface area contributed by atoms with Gasteiger partial charge in [0.1, 0.15) is 23.2 Å². The molecule has 0 spiro atoms. The number of rotatable bonds is 8. The molecule has 3 atom stereocenters. The smallest absolute Gasteiger partial charge is 0.352 e. The Balaban J connectivity index is 1.31. The van der Waals surface area contributed by atoms with Crippen molar-refractivity contribution in [2.75, 3.05) is 30.3 Å². The summed E-state index contributed by atoms with van der Waals surface area (Å²) in [6.07, 6.45) is 0. The molecule has 210 valence electrons. The number of nitrogens with one attached hydrogen (secondary N) is 3. The number of nitrogen functional groups attached to an aromatic ring is 1. The Morgan fingerprint density at radius 2 is 2.02 bits per heavy atom. The molecule has 0 bridgehead atoms. The number of carbonyl (C=O) groups is 5. The van der Waals surface area contributed by atoms with Gasteiger partial charge in [0.15, 0.2) is 0 Å². The normalized spacial score (nSPS) is 20.9. The van der Waals surface area contributed by atoms with Gasteiger partial charge in [-0.1, -0.05) is 23.9 Å². The fourth-order valence-electron chi connectivity index (χ4n) is 4.38. The van der Waals surface area contributed by atoms with Crippen molar-refractivity contribution in [3.8, 4) is 0 Å². The van der Waals surface area contributed by atoms with Crippen molar-refractivity contribution >= 4 is 59.1 Å². The molecule has 1 aromatic heterocycles. The number of hydrogen-bond acceptors (Lipinski definition) is 11. The first-order valence-corrected chi connectivity index (χ1v) is 14.0. The van der Waals surface area contributed by atoms with E-state index in [1.54, 1.807) is 31.3 Å². The number of hydrogen-bond donors (Lipinski definition) is 5. The van der Waals surface area contributed by atoms with E-state index in [4.69, 9.17) is 5.73 Å². The van der Waals surface area contributed by atoms with Gasteiger partial charge in [-0.25, -0.2) is 24.0 Å². The maximum Gasteiger partial charge on any atom is 0.352 e. The van der Waals surface area contributed by atoms with E-state index >= 15 is 0 Å². The van der Waals surface area contributed by atoms with Crippen LogP contribution in [0.5, 0.6) is 0 Å². The minimum atomic E-state index is -1.26. The molecule has 40 heavy (non-hydrogen) atoms. The SMILES string of the molecule is Cn1nnnc1SCC1=C(C(=O)O)N2C(=O)[C@@H](NC(=O)[C@H](NC(=O)N3CCNC3=O)c3ccc(N)cc3)[C@@H]2SC1. The molecule has 3 aliphatic heterocycles. The van der Waals surface area contributed by atoms with Crippen molar-refractivity contribution in [3.63, 3.8) is 0 Å². The third-order valence-electron chi connectivity index (χ3n) is 6.41. The number of carboxylic acids is 1. The molecule has 18 heteroatoms. The Kier molecular flexibility index (Phi) is 7.53. The summed E-state index contributed by atoms with van der Waals surface area (Å²) in [6, 6.07) is 2.57. The monoisotopic (exact) mass is 588 g/mol. The van der Waals surface area contributed by atoms with E-state index in [9.17, 15) is 29.1 Å². The van der Waals surface area contributed by atoms with Gasteiger partial charge in [-0.3, -0.25) is 14.5 Å². The summed E-state index contributed by atoms with van der Waals surface area (Å²) in [5.41, 5.74) is 6.97. The van der Waals surface area contributed by atoms with Gasteiger partial charge < -0.3 is 26.8 Å². The number of tetrazole rings is 1. The second kappa shape index (κ2) is 11.0. The first-order chi connectivity index (χ1) is 19.2. The maximum atomic E-state index is 13.4. The van der Waals surface area contributed by atoms with Crippen LogP contribution in [0.1, 0.15) is 11.6 Å². The zero-order chi connectivity index (χ0) is 28.6. The van der Waals surface area contributed by atoms with Crippen molar-refractivity contribution < 1.29 is 29.1 Å². The quantitative estimate of drug-likeness (QED) is 0.144. The lowest BCUT2D eigenvalue weighted by Gasteiger charge is -2.49. The second-order valence-corrected chi connectivity index (χ2v) is 11.0. The van der Waals surface area contributed by atoms with Crippen LogP contribution in [0, 0.1) is 0 Å². The number of aromatic nitrogens is 4. The lowest BCUT2D eigenvalue weighted by atomic mass is 10.0. The van der Waals surface area contributed by atoms with Crippen molar-refractivity contribution in [2.45, 2.75) is 22.6 Å². The first kappa shape index (κ1) is 27.3. The largest absolute Gasteiger partial charge is 0.477 e. The van der Waals surface area contributed by atoms with Gasteiger partial charge in [0.05, 0.1) is 0 Å². The van der Waals surface area contributed by atoms with Gasteiger partial charge in [-0.15, -0.1) is 16.9 Å². The summed E-state index contributed by atoms with van der Waals surface area (Å²) in [4.78, 5) is 65.5. The molecule has 2 fully saturated rings. The number of nitrogens with two attached hydrogens (primary N) is 1. The lowest BCUT2D eigenvalue weighted by molar-refractivity contribution is -0.151. The molecule has 3 aliphatic rings. The van der Waals surface area contributed by atoms with E-state index in [1.165, 1.54) is 28.2 Å². The molecule has 2 aromatic rings. The van der Waals surface area contributed by atoms with E-state index in [1.807, 2.05) is 0 Å². The van der Waals surface area contributed by atoms with Crippen molar-refractivity contribution in [1.29, 1.82) is 0 Å². The third kappa shape index (κ3) is 5.14. The number of fused-ring (bicyclic) bond motifs is 1. The molecule has 4 heterocycles. The zero-order valence-corrected chi connectivity index (χ0v) is 22.6. The van der Waals surface area contributed by atoms with Gasteiger partial charge in [-0.2, -0.15) is 0 Å². The predicted octanol–water partition coefficient (Wildman–Crippen LogP) is -0.901. The number of carbonyl (C=O) groups excluding carboxylic acids is 4. The van der Waals surface area contributed by atoms with Crippen molar-refractivity contribution in [1.82, 2.24) is 46.0 Å². The Morgan fingerprint density at radius 1 is 1.27 bits per heavy atom. The van der Waals surface area contributed by atoms with Gasteiger partial charge in [0, 0.05) is 37.3 Å². The molecule has 16 nitrogen and oxygen atoms in total. The molecule has 0 unspecified atom stereocenters. The zero-order valence-electron chi connectivity index (χ0n) is 20.9. The number of β-lactam (4-membered cyclic amide) rings is 1. The van der Waals surface area contributed by atoms with Crippen LogP contribution in [0.2, 0.25) is 0 Å². The minimum absolute atomic E-state index is 0.133. The average molecular weight is 589 g/mol. The molecule has 0 aliphatic carbocycles. The second-order valence-electron chi connectivity index (χ2n) is 8.96. The van der Waals surface area contributed by atoms with Gasteiger partial charge in [0.2, 0.25) is 11.1 Å². The van der Waals surface area contributed by atoms with Gasteiger partial charge in [-0.05, 0) is 33.7 Å². The molecule has 5 rings (SSSR count). The maximum absolute atomic E-state index is 13.4. The van der Waals surface area contributed by atoms with Crippen LogP contribution in [0.4, 0.5) is 15.3 Å². The summed E-state index contributed by atoms with van der Waals surface area (Å²) in [6.45, 7) is 0.416. The molecule has 0 radical (unpaired) electrons. The summed E-state index contributed by atoms with van der Waals surface area (Å²) in [5, 5.41) is 28.6. The van der Waals surface area contributed by atoms with Crippen LogP contribution in [-0.2, 0) is 21.4 Å². The first-order valence-electron chi connectivity index (χ1n) is 11.9. The predicted molar refractivity (Wildman–Crippen MR) is 141 cm³/mol. The Morgan fingerprint density at radius 3 is 2.65 bits per heavy atom. The molecular weight excluding hydrogens is 564 g/mol.